The van der Waals surface area contributed by atoms with Crippen molar-refractivity contribution in [2.75, 3.05) is 11.9 Å². The van der Waals surface area contributed by atoms with Gasteiger partial charge in [-0.2, -0.15) is 0 Å². The number of hydrogen-bond acceptors (Lipinski definition) is 4. The summed E-state index contributed by atoms with van der Waals surface area (Å²) in [5, 5.41) is 2.89. The van der Waals surface area contributed by atoms with Crippen LogP contribution in [0, 0.1) is 5.82 Å². The molecule has 0 heterocycles. The highest BCUT2D eigenvalue weighted by atomic mass is 19.1. The van der Waals surface area contributed by atoms with E-state index in [-0.39, 0.29) is 11.8 Å². The Balaban J connectivity index is 1.97. The lowest BCUT2D eigenvalue weighted by molar-refractivity contribution is -0.153. The van der Waals surface area contributed by atoms with Crippen molar-refractivity contribution in [3.63, 3.8) is 0 Å². The molecule has 0 saturated carbocycles. The van der Waals surface area contributed by atoms with Crippen molar-refractivity contribution in [2.45, 2.75) is 52.6 Å². The van der Waals surface area contributed by atoms with Gasteiger partial charge >= 0.3 is 5.97 Å². The summed E-state index contributed by atoms with van der Waals surface area (Å²) in [7, 11) is 0. The number of carbonyl (C=O) groups is 2. The van der Waals surface area contributed by atoms with Crippen LogP contribution in [0.2, 0.25) is 0 Å². The van der Waals surface area contributed by atoms with E-state index in [0.717, 1.165) is 16.8 Å². The summed E-state index contributed by atoms with van der Waals surface area (Å²) < 4.78 is 23.4. The van der Waals surface area contributed by atoms with Crippen LogP contribution in [0.1, 0.15) is 57.6 Å². The van der Waals surface area contributed by atoms with E-state index < -0.39 is 30.4 Å². The van der Waals surface area contributed by atoms with Crippen LogP contribution in [0.5, 0.6) is 5.75 Å². The summed E-state index contributed by atoms with van der Waals surface area (Å²) >= 11 is 0. The van der Waals surface area contributed by atoms with E-state index in [9.17, 15) is 14.0 Å². The summed E-state index contributed by atoms with van der Waals surface area (Å²) in [4.78, 5) is 24.5. The molecule has 0 aliphatic carbocycles. The van der Waals surface area contributed by atoms with Crippen LogP contribution >= 0.6 is 0 Å². The number of halogens is 1. The molecule has 0 aliphatic rings. The van der Waals surface area contributed by atoms with Crippen molar-refractivity contribution in [3.8, 4) is 5.75 Å². The minimum absolute atomic E-state index is 0.232. The van der Waals surface area contributed by atoms with Crippen LogP contribution in [0.4, 0.5) is 10.1 Å². The molecule has 0 bridgehead atoms. The third-order valence-corrected chi connectivity index (χ3v) is 4.44. The Hall–Kier alpha value is -2.89. The van der Waals surface area contributed by atoms with Crippen molar-refractivity contribution < 1.29 is 23.5 Å². The minimum atomic E-state index is -0.928. The zero-order valence-electron chi connectivity index (χ0n) is 17.5. The third kappa shape index (κ3) is 6.31. The fourth-order valence-corrected chi connectivity index (χ4v) is 2.89. The standard InChI is InChI=1S/C23H28FNO4/c1-14(2)19-7-6-8-20(15(3)4)22(19)25-21(26)13-28-23(27)16(5)29-18-11-9-17(24)10-12-18/h6-12,14-16H,13H2,1-5H3,(H,25,26)/t16-/m1/s1. The van der Waals surface area contributed by atoms with E-state index in [1.54, 1.807) is 0 Å². The Morgan fingerprint density at radius 1 is 0.931 bits per heavy atom. The lowest BCUT2D eigenvalue weighted by Crippen LogP contribution is -2.30. The molecule has 0 aliphatic heterocycles. The summed E-state index contributed by atoms with van der Waals surface area (Å²) in [6, 6.07) is 11.3. The zero-order chi connectivity index (χ0) is 21.6. The average molecular weight is 401 g/mol. The van der Waals surface area contributed by atoms with Crippen molar-refractivity contribution in [2.24, 2.45) is 0 Å². The lowest BCUT2D eigenvalue weighted by atomic mass is 9.92. The van der Waals surface area contributed by atoms with Gasteiger partial charge in [0, 0.05) is 5.69 Å². The second kappa shape index (κ2) is 10.0. The van der Waals surface area contributed by atoms with E-state index in [1.807, 2.05) is 18.2 Å². The third-order valence-electron chi connectivity index (χ3n) is 4.44. The number of anilines is 1. The number of esters is 1. The Bertz CT molecular complexity index is 820. The summed E-state index contributed by atoms with van der Waals surface area (Å²) in [5.74, 6) is -0.682. The molecular weight excluding hydrogens is 373 g/mol. The molecule has 2 aromatic rings. The van der Waals surface area contributed by atoms with Gasteiger partial charge in [-0.25, -0.2) is 9.18 Å². The molecule has 0 aromatic heterocycles. The number of hydrogen-bond donors (Lipinski definition) is 1. The molecule has 2 aromatic carbocycles. The van der Waals surface area contributed by atoms with Crippen LogP contribution in [-0.4, -0.2) is 24.6 Å². The van der Waals surface area contributed by atoms with Crippen LogP contribution in [0.15, 0.2) is 42.5 Å². The van der Waals surface area contributed by atoms with Gasteiger partial charge in [0.15, 0.2) is 12.7 Å². The first-order valence-electron chi connectivity index (χ1n) is 9.70. The Kier molecular flexibility index (Phi) is 7.76. The molecule has 1 amide bonds. The maximum Gasteiger partial charge on any atom is 0.347 e. The fraction of sp³-hybridized carbons (Fsp3) is 0.391. The van der Waals surface area contributed by atoms with Crippen LogP contribution in [0.25, 0.3) is 0 Å². The topological polar surface area (TPSA) is 64.6 Å². The first-order valence-corrected chi connectivity index (χ1v) is 9.70. The Labute approximate surface area is 171 Å². The predicted molar refractivity (Wildman–Crippen MR) is 111 cm³/mol. The summed E-state index contributed by atoms with van der Waals surface area (Å²) in [5.41, 5.74) is 2.84. The van der Waals surface area contributed by atoms with E-state index >= 15 is 0 Å². The molecule has 6 heteroatoms. The molecule has 0 spiro atoms. The van der Waals surface area contributed by atoms with Crippen LogP contribution < -0.4 is 10.1 Å². The number of nitrogens with one attached hydrogen (secondary N) is 1. The van der Waals surface area contributed by atoms with Crippen molar-refractivity contribution >= 4 is 17.6 Å². The van der Waals surface area contributed by atoms with Crippen LogP contribution in [-0.2, 0) is 14.3 Å². The van der Waals surface area contributed by atoms with Crippen molar-refractivity contribution in [1.29, 1.82) is 0 Å². The number of benzene rings is 2. The molecule has 2 rings (SSSR count). The Morgan fingerprint density at radius 3 is 2.00 bits per heavy atom. The van der Waals surface area contributed by atoms with E-state index in [0.29, 0.717) is 5.75 Å². The highest BCUT2D eigenvalue weighted by Gasteiger charge is 2.20. The predicted octanol–water partition coefficient (Wildman–Crippen LogP) is 5.02. The molecule has 0 saturated heterocycles. The maximum absolute atomic E-state index is 12.9. The summed E-state index contributed by atoms with van der Waals surface area (Å²) in [6.07, 6.45) is -0.928. The minimum Gasteiger partial charge on any atom is -0.479 e. The average Bonchev–Trinajstić information content (AvgIpc) is 2.67. The number of rotatable bonds is 8. The van der Waals surface area contributed by atoms with Crippen molar-refractivity contribution in [3.05, 3.63) is 59.4 Å². The first kappa shape index (κ1) is 22.4. The fourth-order valence-electron chi connectivity index (χ4n) is 2.89. The zero-order valence-corrected chi connectivity index (χ0v) is 17.5. The number of amides is 1. The maximum atomic E-state index is 12.9. The molecule has 1 N–H and O–H groups in total. The Morgan fingerprint density at radius 2 is 1.48 bits per heavy atom. The molecular formula is C23H28FNO4. The molecule has 29 heavy (non-hydrogen) atoms. The second-order valence-corrected chi connectivity index (χ2v) is 7.49. The van der Waals surface area contributed by atoms with Gasteiger partial charge in [0.05, 0.1) is 0 Å². The van der Waals surface area contributed by atoms with E-state index in [4.69, 9.17) is 9.47 Å². The van der Waals surface area contributed by atoms with Gasteiger partial charge in [-0.05, 0) is 54.2 Å². The largest absolute Gasteiger partial charge is 0.479 e. The van der Waals surface area contributed by atoms with Crippen molar-refractivity contribution in [1.82, 2.24) is 0 Å². The first-order chi connectivity index (χ1) is 13.7. The highest BCUT2D eigenvalue weighted by molar-refractivity contribution is 5.94. The molecule has 0 radical (unpaired) electrons. The number of ether oxygens (including phenoxy) is 2. The number of carbonyl (C=O) groups excluding carboxylic acids is 2. The SMILES string of the molecule is CC(C)c1cccc(C(C)C)c1NC(=O)COC(=O)[C@@H](C)Oc1ccc(F)cc1. The smallest absolute Gasteiger partial charge is 0.347 e. The van der Waals surface area contributed by atoms with Gasteiger partial charge in [-0.1, -0.05) is 45.9 Å². The molecule has 0 unspecified atom stereocenters. The quantitative estimate of drug-likeness (QED) is 0.631. The highest BCUT2D eigenvalue weighted by Crippen LogP contribution is 2.32. The van der Waals surface area contributed by atoms with Crippen LogP contribution in [0.3, 0.4) is 0 Å². The molecule has 1 atom stereocenters. The van der Waals surface area contributed by atoms with Gasteiger partial charge in [0.2, 0.25) is 0 Å². The van der Waals surface area contributed by atoms with Gasteiger partial charge in [0.1, 0.15) is 11.6 Å². The van der Waals surface area contributed by atoms with E-state index in [1.165, 1.54) is 31.2 Å². The summed E-state index contributed by atoms with van der Waals surface area (Å²) in [6.45, 7) is 9.33. The van der Waals surface area contributed by atoms with E-state index in [2.05, 4.69) is 33.0 Å². The lowest BCUT2D eigenvalue weighted by Gasteiger charge is -2.20. The van der Waals surface area contributed by atoms with Gasteiger partial charge in [-0.15, -0.1) is 0 Å². The molecule has 0 fully saturated rings. The van der Waals surface area contributed by atoms with Gasteiger partial charge < -0.3 is 14.8 Å². The second-order valence-electron chi connectivity index (χ2n) is 7.49. The van der Waals surface area contributed by atoms with Gasteiger partial charge in [0.25, 0.3) is 5.91 Å². The molecule has 156 valence electrons. The number of para-hydroxylation sites is 1. The monoisotopic (exact) mass is 401 g/mol. The normalized spacial score (nSPS) is 12.0. The molecule has 5 nitrogen and oxygen atoms in total. The van der Waals surface area contributed by atoms with Gasteiger partial charge in [-0.3, -0.25) is 4.79 Å².